The van der Waals surface area contributed by atoms with Gasteiger partial charge in [-0.2, -0.15) is 0 Å². The Hall–Kier alpha value is -1.70. The summed E-state index contributed by atoms with van der Waals surface area (Å²) in [5.74, 6) is 5.54. The number of likely N-dealkylation sites (tertiary alicyclic amines) is 1. The molecule has 0 saturated carbocycles. The molecular formula is C16H26N2O3. The number of carbonyl (C=O) groups is 2. The van der Waals surface area contributed by atoms with Crippen LogP contribution in [-0.2, 0) is 9.53 Å². The number of carbonyl (C=O) groups excluding carboxylic acids is 2. The Bertz CT molecular complexity index is 443. The normalized spacial score (nSPS) is 18.0. The number of amides is 2. The van der Waals surface area contributed by atoms with Gasteiger partial charge in [-0.15, -0.1) is 0 Å². The van der Waals surface area contributed by atoms with Crippen molar-refractivity contribution in [2.24, 2.45) is 5.92 Å². The van der Waals surface area contributed by atoms with Crippen LogP contribution in [0, 0.1) is 17.8 Å². The molecule has 2 amide bonds. The van der Waals surface area contributed by atoms with E-state index in [4.69, 9.17) is 4.74 Å². The van der Waals surface area contributed by atoms with Crippen LogP contribution in [0.4, 0.5) is 4.79 Å². The summed E-state index contributed by atoms with van der Waals surface area (Å²) in [5, 5.41) is 0. The fourth-order valence-corrected chi connectivity index (χ4v) is 2.25. The molecule has 0 bridgehead atoms. The van der Waals surface area contributed by atoms with E-state index in [1.54, 1.807) is 23.8 Å². The van der Waals surface area contributed by atoms with Gasteiger partial charge in [-0.05, 0) is 52.4 Å². The van der Waals surface area contributed by atoms with E-state index >= 15 is 0 Å². The number of rotatable bonds is 3. The molecule has 1 aliphatic heterocycles. The van der Waals surface area contributed by atoms with Gasteiger partial charge in [0, 0.05) is 26.7 Å². The van der Waals surface area contributed by atoms with Crippen LogP contribution in [0.2, 0.25) is 0 Å². The quantitative estimate of drug-likeness (QED) is 0.749. The lowest BCUT2D eigenvalue weighted by Crippen LogP contribution is -2.35. The third kappa shape index (κ3) is 6.07. The Kier molecular flexibility index (Phi) is 6.07. The molecule has 0 spiro atoms. The molecule has 1 rings (SSSR count). The maximum Gasteiger partial charge on any atom is 0.410 e. The van der Waals surface area contributed by atoms with Crippen LogP contribution in [0.3, 0.4) is 0 Å². The van der Waals surface area contributed by atoms with Crippen LogP contribution >= 0.6 is 0 Å². The SMILES string of the molecule is CC#CC(=O)N1CCC(CCN(C)C(=O)OC(C)(C)C)C1. The van der Waals surface area contributed by atoms with Gasteiger partial charge in [0.2, 0.25) is 0 Å². The third-order valence-electron chi connectivity index (χ3n) is 3.38. The lowest BCUT2D eigenvalue weighted by Gasteiger charge is -2.25. The Morgan fingerprint density at radius 3 is 2.62 bits per heavy atom. The lowest BCUT2D eigenvalue weighted by atomic mass is 10.1. The summed E-state index contributed by atoms with van der Waals surface area (Å²) in [6.07, 6.45) is 1.54. The first-order chi connectivity index (χ1) is 9.73. The van der Waals surface area contributed by atoms with Crippen molar-refractivity contribution >= 4 is 12.0 Å². The molecule has 1 heterocycles. The van der Waals surface area contributed by atoms with Crippen molar-refractivity contribution in [1.82, 2.24) is 9.80 Å². The first-order valence-electron chi connectivity index (χ1n) is 7.38. The van der Waals surface area contributed by atoms with Gasteiger partial charge < -0.3 is 14.5 Å². The van der Waals surface area contributed by atoms with E-state index in [1.165, 1.54) is 0 Å². The molecule has 0 aromatic heterocycles. The van der Waals surface area contributed by atoms with Gasteiger partial charge in [0.1, 0.15) is 5.60 Å². The van der Waals surface area contributed by atoms with E-state index in [9.17, 15) is 9.59 Å². The van der Waals surface area contributed by atoms with Gasteiger partial charge in [0.15, 0.2) is 0 Å². The van der Waals surface area contributed by atoms with Gasteiger partial charge in [-0.3, -0.25) is 4.79 Å². The molecule has 21 heavy (non-hydrogen) atoms. The summed E-state index contributed by atoms with van der Waals surface area (Å²) in [7, 11) is 1.74. The summed E-state index contributed by atoms with van der Waals surface area (Å²) in [6.45, 7) is 9.36. The molecule has 5 heteroatoms. The topological polar surface area (TPSA) is 49.9 Å². The highest BCUT2D eigenvalue weighted by atomic mass is 16.6. The predicted molar refractivity (Wildman–Crippen MR) is 81.6 cm³/mol. The van der Waals surface area contributed by atoms with Gasteiger partial charge in [0.05, 0.1) is 0 Å². The average molecular weight is 294 g/mol. The van der Waals surface area contributed by atoms with Crippen molar-refractivity contribution in [1.29, 1.82) is 0 Å². The Balaban J connectivity index is 2.34. The molecular weight excluding hydrogens is 268 g/mol. The molecule has 1 unspecified atom stereocenters. The summed E-state index contributed by atoms with van der Waals surface area (Å²) in [5.41, 5.74) is -0.471. The highest BCUT2D eigenvalue weighted by Crippen LogP contribution is 2.20. The molecule has 0 aromatic rings. The molecule has 1 aliphatic rings. The van der Waals surface area contributed by atoms with E-state index in [1.807, 2.05) is 20.8 Å². The van der Waals surface area contributed by atoms with Crippen LogP contribution in [0.5, 0.6) is 0 Å². The fraction of sp³-hybridized carbons (Fsp3) is 0.750. The first-order valence-corrected chi connectivity index (χ1v) is 7.38. The molecule has 1 fully saturated rings. The van der Waals surface area contributed by atoms with Crippen molar-refractivity contribution in [3.63, 3.8) is 0 Å². The molecule has 0 N–H and O–H groups in total. The van der Waals surface area contributed by atoms with E-state index in [0.717, 1.165) is 25.9 Å². The van der Waals surface area contributed by atoms with Crippen LogP contribution < -0.4 is 0 Å². The largest absolute Gasteiger partial charge is 0.444 e. The highest BCUT2D eigenvalue weighted by molar-refractivity contribution is 5.93. The zero-order chi connectivity index (χ0) is 16.0. The number of nitrogens with zero attached hydrogens (tertiary/aromatic N) is 2. The molecule has 0 aromatic carbocycles. The molecule has 1 atom stereocenters. The van der Waals surface area contributed by atoms with Crippen molar-refractivity contribution < 1.29 is 14.3 Å². The Morgan fingerprint density at radius 2 is 2.05 bits per heavy atom. The maximum atomic E-state index is 11.8. The van der Waals surface area contributed by atoms with Gasteiger partial charge >= 0.3 is 6.09 Å². The Labute approximate surface area is 127 Å². The minimum atomic E-state index is -0.471. The minimum Gasteiger partial charge on any atom is -0.444 e. The minimum absolute atomic E-state index is 0.0968. The van der Waals surface area contributed by atoms with Crippen LogP contribution in [-0.4, -0.2) is 54.1 Å². The van der Waals surface area contributed by atoms with Crippen molar-refractivity contribution in [3.8, 4) is 11.8 Å². The predicted octanol–water partition coefficient (Wildman–Crippen LogP) is 2.12. The second-order valence-electron chi connectivity index (χ2n) is 6.47. The summed E-state index contributed by atoms with van der Waals surface area (Å²) in [4.78, 5) is 26.9. The standard InChI is InChI=1S/C16H26N2O3/c1-6-7-14(19)18-11-9-13(12-18)8-10-17(5)15(20)21-16(2,3)4/h13H,8-12H2,1-5H3. The van der Waals surface area contributed by atoms with Gasteiger partial charge in [-0.25, -0.2) is 4.79 Å². The van der Waals surface area contributed by atoms with Crippen LogP contribution in [0.25, 0.3) is 0 Å². The maximum absolute atomic E-state index is 11.8. The van der Waals surface area contributed by atoms with Crippen LogP contribution in [0.1, 0.15) is 40.5 Å². The summed E-state index contributed by atoms with van der Waals surface area (Å²) >= 11 is 0. The second-order valence-corrected chi connectivity index (χ2v) is 6.47. The Morgan fingerprint density at radius 1 is 1.38 bits per heavy atom. The van der Waals surface area contributed by atoms with Crippen molar-refractivity contribution in [3.05, 3.63) is 0 Å². The molecule has 118 valence electrons. The van der Waals surface area contributed by atoms with E-state index in [2.05, 4.69) is 11.8 Å². The second kappa shape index (κ2) is 7.35. The monoisotopic (exact) mass is 294 g/mol. The van der Waals surface area contributed by atoms with Crippen LogP contribution in [0.15, 0.2) is 0 Å². The summed E-state index contributed by atoms with van der Waals surface area (Å²) < 4.78 is 5.31. The number of hydrogen-bond donors (Lipinski definition) is 0. The van der Waals surface area contributed by atoms with E-state index < -0.39 is 5.60 Å². The third-order valence-corrected chi connectivity index (χ3v) is 3.38. The zero-order valence-corrected chi connectivity index (χ0v) is 13.7. The van der Waals surface area contributed by atoms with Crippen molar-refractivity contribution in [2.75, 3.05) is 26.7 Å². The van der Waals surface area contributed by atoms with Gasteiger partial charge in [-0.1, -0.05) is 5.92 Å². The number of ether oxygens (including phenoxy) is 1. The smallest absolute Gasteiger partial charge is 0.410 e. The zero-order valence-electron chi connectivity index (χ0n) is 13.7. The lowest BCUT2D eigenvalue weighted by molar-refractivity contribution is -0.124. The first kappa shape index (κ1) is 17.4. The van der Waals surface area contributed by atoms with E-state index in [0.29, 0.717) is 12.5 Å². The molecule has 0 radical (unpaired) electrons. The van der Waals surface area contributed by atoms with Crippen molar-refractivity contribution in [2.45, 2.75) is 46.1 Å². The molecule has 0 aliphatic carbocycles. The fourth-order valence-electron chi connectivity index (χ4n) is 2.25. The molecule has 1 saturated heterocycles. The highest BCUT2D eigenvalue weighted by Gasteiger charge is 2.26. The van der Waals surface area contributed by atoms with Gasteiger partial charge in [0.25, 0.3) is 5.91 Å². The molecule has 5 nitrogen and oxygen atoms in total. The average Bonchev–Trinajstić information content (AvgIpc) is 2.83. The number of hydrogen-bond acceptors (Lipinski definition) is 3. The van der Waals surface area contributed by atoms with E-state index in [-0.39, 0.29) is 12.0 Å². The summed E-state index contributed by atoms with van der Waals surface area (Å²) in [6, 6.07) is 0.